The molecule has 0 aromatic heterocycles. The van der Waals surface area contributed by atoms with Crippen LogP contribution in [0.1, 0.15) is 30.9 Å². The summed E-state index contributed by atoms with van der Waals surface area (Å²) in [6.07, 6.45) is 3.36. The molecule has 1 fully saturated rings. The van der Waals surface area contributed by atoms with Gasteiger partial charge < -0.3 is 14.2 Å². The SMILES string of the molecule is COc1cc(OC)cc(C(CC2CCCO2)NN)c1. The van der Waals surface area contributed by atoms with Gasteiger partial charge in [-0.05, 0) is 37.0 Å². The zero-order chi connectivity index (χ0) is 13.7. The number of nitrogens with two attached hydrogens (primary N) is 1. The van der Waals surface area contributed by atoms with E-state index in [9.17, 15) is 0 Å². The number of hydrogen-bond acceptors (Lipinski definition) is 5. The Bertz CT molecular complexity index is 383. The van der Waals surface area contributed by atoms with Crippen LogP contribution in [0.15, 0.2) is 18.2 Å². The van der Waals surface area contributed by atoms with Crippen LogP contribution in [0, 0.1) is 0 Å². The third-order valence-corrected chi connectivity index (χ3v) is 3.50. The van der Waals surface area contributed by atoms with Crippen molar-refractivity contribution >= 4 is 0 Å². The van der Waals surface area contributed by atoms with Crippen molar-refractivity contribution in [3.63, 3.8) is 0 Å². The van der Waals surface area contributed by atoms with Gasteiger partial charge in [-0.15, -0.1) is 0 Å². The summed E-state index contributed by atoms with van der Waals surface area (Å²) in [7, 11) is 3.28. The smallest absolute Gasteiger partial charge is 0.122 e. The Balaban J connectivity index is 2.15. The van der Waals surface area contributed by atoms with Crippen molar-refractivity contribution in [2.45, 2.75) is 31.4 Å². The molecule has 1 aliphatic rings. The molecule has 0 saturated carbocycles. The van der Waals surface area contributed by atoms with Gasteiger partial charge in [0, 0.05) is 18.7 Å². The summed E-state index contributed by atoms with van der Waals surface area (Å²) in [4.78, 5) is 0. The Morgan fingerprint density at radius 1 is 1.32 bits per heavy atom. The molecule has 2 unspecified atom stereocenters. The minimum absolute atomic E-state index is 0.0344. The maximum Gasteiger partial charge on any atom is 0.122 e. The highest BCUT2D eigenvalue weighted by molar-refractivity contribution is 5.39. The van der Waals surface area contributed by atoms with E-state index in [-0.39, 0.29) is 12.1 Å². The molecule has 3 N–H and O–H groups in total. The number of hydrazine groups is 1. The second-order valence-corrected chi connectivity index (χ2v) is 4.74. The predicted octanol–water partition coefficient (Wildman–Crippen LogP) is 1.78. The third-order valence-electron chi connectivity index (χ3n) is 3.50. The van der Waals surface area contributed by atoms with Crippen molar-refractivity contribution in [3.8, 4) is 11.5 Å². The zero-order valence-corrected chi connectivity index (χ0v) is 11.5. The van der Waals surface area contributed by atoms with Crippen LogP contribution >= 0.6 is 0 Å². The monoisotopic (exact) mass is 266 g/mol. The van der Waals surface area contributed by atoms with Gasteiger partial charge in [-0.1, -0.05) is 0 Å². The Hall–Kier alpha value is -1.30. The topological polar surface area (TPSA) is 65.7 Å². The van der Waals surface area contributed by atoms with Crippen LogP contribution in [0.25, 0.3) is 0 Å². The lowest BCUT2D eigenvalue weighted by molar-refractivity contribution is 0.0945. The van der Waals surface area contributed by atoms with Crippen molar-refractivity contribution in [3.05, 3.63) is 23.8 Å². The summed E-state index contributed by atoms with van der Waals surface area (Å²) in [6, 6.07) is 5.83. The Labute approximate surface area is 114 Å². The first-order valence-electron chi connectivity index (χ1n) is 6.57. The van der Waals surface area contributed by atoms with E-state index in [1.807, 2.05) is 18.2 Å². The molecule has 5 heteroatoms. The quantitative estimate of drug-likeness (QED) is 0.607. The fourth-order valence-electron chi connectivity index (χ4n) is 2.42. The van der Waals surface area contributed by atoms with Gasteiger partial charge >= 0.3 is 0 Å². The van der Waals surface area contributed by atoms with Gasteiger partial charge in [-0.25, -0.2) is 0 Å². The molecule has 0 bridgehead atoms. The maximum atomic E-state index is 5.68. The summed E-state index contributed by atoms with van der Waals surface area (Å²) in [6.45, 7) is 0.851. The third kappa shape index (κ3) is 3.59. The normalized spacial score (nSPS) is 20.3. The number of ether oxygens (including phenoxy) is 3. The van der Waals surface area contributed by atoms with Crippen LogP contribution in [-0.4, -0.2) is 26.9 Å². The van der Waals surface area contributed by atoms with Crippen molar-refractivity contribution in [2.75, 3.05) is 20.8 Å². The predicted molar refractivity (Wildman–Crippen MR) is 73.2 cm³/mol. The van der Waals surface area contributed by atoms with Gasteiger partial charge in [-0.3, -0.25) is 11.3 Å². The summed E-state index contributed by atoms with van der Waals surface area (Å²) >= 11 is 0. The Morgan fingerprint density at radius 3 is 2.47 bits per heavy atom. The Morgan fingerprint density at radius 2 is 2.00 bits per heavy atom. The minimum atomic E-state index is 0.0344. The van der Waals surface area contributed by atoms with Gasteiger partial charge in [0.05, 0.1) is 20.3 Å². The fourth-order valence-corrected chi connectivity index (χ4v) is 2.42. The minimum Gasteiger partial charge on any atom is -0.497 e. The van der Waals surface area contributed by atoms with Crippen LogP contribution in [-0.2, 0) is 4.74 Å². The van der Waals surface area contributed by atoms with E-state index in [4.69, 9.17) is 20.1 Å². The molecule has 0 radical (unpaired) electrons. The molecule has 2 atom stereocenters. The number of methoxy groups -OCH3 is 2. The van der Waals surface area contributed by atoms with E-state index < -0.39 is 0 Å². The second kappa shape index (κ2) is 6.75. The van der Waals surface area contributed by atoms with E-state index in [2.05, 4.69) is 5.43 Å². The van der Waals surface area contributed by atoms with Gasteiger partial charge in [0.15, 0.2) is 0 Å². The summed E-state index contributed by atoms with van der Waals surface area (Å²) in [5.41, 5.74) is 3.91. The van der Waals surface area contributed by atoms with E-state index >= 15 is 0 Å². The van der Waals surface area contributed by atoms with Crippen LogP contribution in [0.4, 0.5) is 0 Å². The lowest BCUT2D eigenvalue weighted by Crippen LogP contribution is -2.30. The fraction of sp³-hybridized carbons (Fsp3) is 0.571. The van der Waals surface area contributed by atoms with Gasteiger partial charge in [-0.2, -0.15) is 0 Å². The van der Waals surface area contributed by atoms with Gasteiger partial charge in [0.2, 0.25) is 0 Å². The second-order valence-electron chi connectivity index (χ2n) is 4.74. The summed E-state index contributed by atoms with van der Waals surface area (Å²) in [5.74, 6) is 7.21. The highest BCUT2D eigenvalue weighted by atomic mass is 16.5. The molecule has 1 saturated heterocycles. The molecule has 1 aromatic rings. The van der Waals surface area contributed by atoms with E-state index in [0.717, 1.165) is 42.9 Å². The van der Waals surface area contributed by atoms with E-state index in [1.54, 1.807) is 14.2 Å². The van der Waals surface area contributed by atoms with Crippen LogP contribution in [0.5, 0.6) is 11.5 Å². The molecule has 19 heavy (non-hydrogen) atoms. The summed E-state index contributed by atoms with van der Waals surface area (Å²) in [5, 5.41) is 0. The molecule has 0 amide bonds. The molecule has 1 heterocycles. The van der Waals surface area contributed by atoms with Crippen molar-refractivity contribution in [1.82, 2.24) is 5.43 Å². The number of rotatable bonds is 6. The zero-order valence-electron chi connectivity index (χ0n) is 11.5. The summed E-state index contributed by atoms with van der Waals surface area (Å²) < 4.78 is 16.2. The van der Waals surface area contributed by atoms with Crippen LogP contribution in [0.2, 0.25) is 0 Å². The van der Waals surface area contributed by atoms with Crippen LogP contribution in [0.3, 0.4) is 0 Å². The van der Waals surface area contributed by atoms with Crippen LogP contribution < -0.4 is 20.7 Å². The molecule has 0 spiro atoms. The van der Waals surface area contributed by atoms with Crippen molar-refractivity contribution in [2.24, 2.45) is 5.84 Å². The Kier molecular flexibility index (Phi) is 5.01. The van der Waals surface area contributed by atoms with Crippen molar-refractivity contribution < 1.29 is 14.2 Å². The number of benzene rings is 1. The first kappa shape index (κ1) is 14.1. The molecule has 0 aliphatic carbocycles. The van der Waals surface area contributed by atoms with E-state index in [0.29, 0.717) is 0 Å². The standard InChI is InChI=1S/C14H22N2O3/c1-17-12-6-10(7-13(8-12)18-2)14(16-15)9-11-4-3-5-19-11/h6-8,11,14,16H,3-5,9,15H2,1-2H3. The van der Waals surface area contributed by atoms with E-state index in [1.165, 1.54) is 0 Å². The molecule has 2 rings (SSSR count). The lowest BCUT2D eigenvalue weighted by atomic mass is 9.99. The van der Waals surface area contributed by atoms with Gasteiger partial charge in [0.25, 0.3) is 0 Å². The maximum absolute atomic E-state index is 5.68. The number of nitrogens with one attached hydrogen (secondary N) is 1. The highest BCUT2D eigenvalue weighted by Gasteiger charge is 2.22. The average Bonchev–Trinajstić information content (AvgIpc) is 2.97. The molecular weight excluding hydrogens is 244 g/mol. The lowest BCUT2D eigenvalue weighted by Gasteiger charge is -2.21. The molecule has 5 nitrogen and oxygen atoms in total. The molecule has 1 aliphatic heterocycles. The average molecular weight is 266 g/mol. The largest absolute Gasteiger partial charge is 0.497 e. The number of hydrogen-bond donors (Lipinski definition) is 2. The molecular formula is C14H22N2O3. The van der Waals surface area contributed by atoms with Crippen molar-refractivity contribution in [1.29, 1.82) is 0 Å². The molecule has 106 valence electrons. The highest BCUT2D eigenvalue weighted by Crippen LogP contribution is 2.30. The first-order chi connectivity index (χ1) is 9.26. The first-order valence-corrected chi connectivity index (χ1v) is 6.57. The van der Waals surface area contributed by atoms with Gasteiger partial charge in [0.1, 0.15) is 11.5 Å². The molecule has 1 aromatic carbocycles.